The number of hydrogen-bond acceptors (Lipinski definition) is 6. The summed E-state index contributed by atoms with van der Waals surface area (Å²) in [5, 5.41) is 8.23. The van der Waals surface area contributed by atoms with Gasteiger partial charge in [0.25, 0.3) is 5.91 Å². The fraction of sp³-hybridized carbons (Fsp3) is 0.217. The van der Waals surface area contributed by atoms with Crippen molar-refractivity contribution in [3.63, 3.8) is 0 Å². The number of hydrazone groups is 1. The zero-order chi connectivity index (χ0) is 22.2. The zero-order valence-corrected chi connectivity index (χ0v) is 17.7. The molecule has 0 bridgehead atoms. The maximum Gasteiger partial charge on any atom is 0.337 e. The second kappa shape index (κ2) is 10.2. The smallest absolute Gasteiger partial charge is 0.337 e. The van der Waals surface area contributed by atoms with Crippen LogP contribution in [0.4, 0.5) is 0 Å². The fourth-order valence-electron chi connectivity index (χ4n) is 2.86. The summed E-state index contributed by atoms with van der Waals surface area (Å²) in [6.07, 6.45) is 1.56. The van der Waals surface area contributed by atoms with Crippen molar-refractivity contribution in [2.45, 2.75) is 27.0 Å². The van der Waals surface area contributed by atoms with Crippen LogP contribution in [0.25, 0.3) is 0 Å². The molecular formula is C23H24N4O4. The van der Waals surface area contributed by atoms with Crippen molar-refractivity contribution in [2.75, 3.05) is 7.11 Å². The first-order valence-electron chi connectivity index (χ1n) is 9.67. The Kier molecular flexibility index (Phi) is 7.16. The number of carbonyl (C=O) groups excluding carboxylic acids is 2. The third-order valence-corrected chi connectivity index (χ3v) is 4.46. The lowest BCUT2D eigenvalue weighted by Crippen LogP contribution is -2.24. The number of methoxy groups -OCH3 is 1. The number of esters is 1. The lowest BCUT2D eigenvalue weighted by atomic mass is 10.1. The van der Waals surface area contributed by atoms with Crippen LogP contribution in [0.15, 0.2) is 59.7 Å². The Morgan fingerprint density at radius 2 is 1.81 bits per heavy atom. The van der Waals surface area contributed by atoms with Gasteiger partial charge in [0.1, 0.15) is 18.9 Å². The van der Waals surface area contributed by atoms with E-state index in [1.54, 1.807) is 23.0 Å². The molecule has 2 aromatic carbocycles. The summed E-state index contributed by atoms with van der Waals surface area (Å²) in [7, 11) is 1.35. The van der Waals surface area contributed by atoms with E-state index in [2.05, 4.69) is 20.4 Å². The summed E-state index contributed by atoms with van der Waals surface area (Å²) in [4.78, 5) is 23.4. The van der Waals surface area contributed by atoms with Crippen LogP contribution in [0.1, 0.15) is 32.9 Å². The summed E-state index contributed by atoms with van der Waals surface area (Å²) >= 11 is 0. The molecule has 0 saturated heterocycles. The molecule has 0 fully saturated rings. The van der Waals surface area contributed by atoms with Crippen LogP contribution in [0.2, 0.25) is 0 Å². The summed E-state index contributed by atoms with van der Waals surface area (Å²) in [6.45, 7) is 4.27. The minimum atomic E-state index is -0.368. The highest BCUT2D eigenvalue weighted by Gasteiger charge is 2.06. The van der Waals surface area contributed by atoms with Gasteiger partial charge in [-0.05, 0) is 67.4 Å². The molecule has 1 aromatic heterocycles. The van der Waals surface area contributed by atoms with Gasteiger partial charge in [-0.1, -0.05) is 12.1 Å². The quantitative estimate of drug-likeness (QED) is 0.343. The highest BCUT2D eigenvalue weighted by molar-refractivity contribution is 5.89. The molecule has 0 unspecified atom stereocenters. The number of aromatic nitrogens is 2. The Morgan fingerprint density at radius 1 is 1.10 bits per heavy atom. The van der Waals surface area contributed by atoms with Gasteiger partial charge >= 0.3 is 5.97 Å². The number of ether oxygens (including phenoxy) is 2. The topological polar surface area (TPSA) is 94.8 Å². The molecule has 3 rings (SSSR count). The van der Waals surface area contributed by atoms with E-state index in [0.29, 0.717) is 17.9 Å². The molecule has 3 aromatic rings. The number of aryl methyl sites for hydroxylation is 2. The number of amides is 1. The molecule has 1 amide bonds. The van der Waals surface area contributed by atoms with E-state index < -0.39 is 0 Å². The lowest BCUT2D eigenvalue weighted by molar-refractivity contribution is -0.121. The Labute approximate surface area is 180 Å². The van der Waals surface area contributed by atoms with Gasteiger partial charge in [-0.2, -0.15) is 10.2 Å². The van der Waals surface area contributed by atoms with Gasteiger partial charge in [0, 0.05) is 5.69 Å². The molecule has 0 aliphatic heterocycles. The third kappa shape index (κ3) is 6.27. The highest BCUT2D eigenvalue weighted by atomic mass is 16.5. The molecule has 0 aliphatic rings. The first-order valence-corrected chi connectivity index (χ1v) is 9.67. The van der Waals surface area contributed by atoms with E-state index in [0.717, 1.165) is 22.5 Å². The number of nitrogens with one attached hydrogen (secondary N) is 1. The van der Waals surface area contributed by atoms with Crippen LogP contribution in [0.5, 0.6) is 5.75 Å². The predicted octanol–water partition coefficient (Wildman–Crippen LogP) is 3.02. The van der Waals surface area contributed by atoms with Crippen LogP contribution in [0.3, 0.4) is 0 Å². The van der Waals surface area contributed by atoms with Gasteiger partial charge in [0.15, 0.2) is 0 Å². The summed E-state index contributed by atoms with van der Waals surface area (Å²) < 4.78 is 12.1. The molecule has 1 heterocycles. The third-order valence-electron chi connectivity index (χ3n) is 4.46. The van der Waals surface area contributed by atoms with Gasteiger partial charge in [0.2, 0.25) is 0 Å². The van der Waals surface area contributed by atoms with E-state index in [1.807, 2.05) is 56.3 Å². The molecule has 0 radical (unpaired) electrons. The van der Waals surface area contributed by atoms with E-state index in [4.69, 9.17) is 4.74 Å². The maximum atomic E-state index is 12.0. The number of rotatable bonds is 8. The van der Waals surface area contributed by atoms with Crippen LogP contribution in [-0.2, 0) is 22.7 Å². The summed E-state index contributed by atoms with van der Waals surface area (Å²) in [5.74, 6) is 0.0795. The minimum absolute atomic E-state index is 0.115. The molecule has 8 heteroatoms. The SMILES string of the molecule is COC(=O)c1ccc(COc2ccc(C=NNC(=O)Cn3nc(C)cc3C)cc2)cc1. The fourth-order valence-corrected chi connectivity index (χ4v) is 2.86. The van der Waals surface area contributed by atoms with Crippen molar-refractivity contribution in [1.29, 1.82) is 0 Å². The van der Waals surface area contributed by atoms with E-state index >= 15 is 0 Å². The van der Waals surface area contributed by atoms with E-state index in [1.165, 1.54) is 7.11 Å². The van der Waals surface area contributed by atoms with E-state index in [9.17, 15) is 9.59 Å². The van der Waals surface area contributed by atoms with Gasteiger partial charge < -0.3 is 9.47 Å². The van der Waals surface area contributed by atoms with Crippen LogP contribution >= 0.6 is 0 Å². The number of benzene rings is 2. The van der Waals surface area contributed by atoms with Crippen LogP contribution in [0, 0.1) is 13.8 Å². The number of carbonyl (C=O) groups is 2. The molecule has 0 spiro atoms. The first-order chi connectivity index (χ1) is 14.9. The maximum absolute atomic E-state index is 12.0. The van der Waals surface area contributed by atoms with Crippen molar-refractivity contribution in [3.8, 4) is 5.75 Å². The first kappa shape index (κ1) is 21.8. The number of nitrogens with zero attached hydrogens (tertiary/aromatic N) is 3. The van der Waals surface area contributed by atoms with Crippen LogP contribution in [-0.4, -0.2) is 35.0 Å². The molecular weight excluding hydrogens is 396 g/mol. The predicted molar refractivity (Wildman–Crippen MR) is 116 cm³/mol. The molecule has 0 atom stereocenters. The van der Waals surface area contributed by atoms with Gasteiger partial charge in [-0.25, -0.2) is 10.2 Å². The van der Waals surface area contributed by atoms with Crippen molar-refractivity contribution >= 4 is 18.1 Å². The molecule has 31 heavy (non-hydrogen) atoms. The van der Waals surface area contributed by atoms with Crippen molar-refractivity contribution in [2.24, 2.45) is 5.10 Å². The summed E-state index contributed by atoms with van der Waals surface area (Å²) in [5.41, 5.74) is 6.54. The average molecular weight is 420 g/mol. The van der Waals surface area contributed by atoms with Gasteiger partial charge in [0.05, 0.1) is 24.6 Å². The van der Waals surface area contributed by atoms with Crippen LogP contribution < -0.4 is 10.2 Å². The van der Waals surface area contributed by atoms with E-state index in [-0.39, 0.29) is 18.4 Å². The Morgan fingerprint density at radius 3 is 2.42 bits per heavy atom. The molecule has 160 valence electrons. The standard InChI is InChI=1S/C23H24N4O4/c1-16-12-17(2)27(26-16)14-22(28)25-24-13-18-6-10-21(11-7-18)31-15-19-4-8-20(9-5-19)23(29)30-3/h4-13H,14-15H2,1-3H3,(H,25,28). The molecule has 8 nitrogen and oxygen atoms in total. The average Bonchev–Trinajstić information content (AvgIpc) is 3.09. The number of hydrogen-bond donors (Lipinski definition) is 1. The van der Waals surface area contributed by atoms with Gasteiger partial charge in [-0.3, -0.25) is 9.48 Å². The van der Waals surface area contributed by atoms with Crippen molar-refractivity contribution < 1.29 is 19.1 Å². The minimum Gasteiger partial charge on any atom is -0.489 e. The monoisotopic (exact) mass is 420 g/mol. The Hall–Kier alpha value is -3.94. The summed E-state index contributed by atoms with van der Waals surface area (Å²) in [6, 6.07) is 16.3. The second-order valence-electron chi connectivity index (χ2n) is 6.92. The lowest BCUT2D eigenvalue weighted by Gasteiger charge is -2.07. The molecule has 1 N–H and O–H groups in total. The molecule has 0 saturated carbocycles. The van der Waals surface area contributed by atoms with Crippen molar-refractivity contribution in [1.82, 2.24) is 15.2 Å². The molecule has 0 aliphatic carbocycles. The Balaban J connectivity index is 1.46. The van der Waals surface area contributed by atoms with Gasteiger partial charge in [-0.15, -0.1) is 0 Å². The highest BCUT2D eigenvalue weighted by Crippen LogP contribution is 2.14. The van der Waals surface area contributed by atoms with Crippen molar-refractivity contribution in [3.05, 3.63) is 82.7 Å². The largest absolute Gasteiger partial charge is 0.489 e. The second-order valence-corrected chi connectivity index (χ2v) is 6.92. The zero-order valence-electron chi connectivity index (χ0n) is 17.7. The normalized spacial score (nSPS) is 10.8. The Bertz CT molecular complexity index is 1070.